The summed E-state index contributed by atoms with van der Waals surface area (Å²) >= 11 is -0.642. The van der Waals surface area contributed by atoms with Crippen molar-refractivity contribution in [2.45, 2.75) is 5.51 Å². The van der Waals surface area contributed by atoms with Gasteiger partial charge in [0.15, 0.2) is 0 Å². The normalized spacial score (nSPS) is 12.8. The first-order valence-electron chi connectivity index (χ1n) is 3.09. The number of hydrogen-bond acceptors (Lipinski definition) is 3. The second-order valence-electron chi connectivity index (χ2n) is 2.31. The zero-order valence-electron chi connectivity index (χ0n) is 6.92. The smallest absolute Gasteiger partial charge is 0.446 e. The van der Waals surface area contributed by atoms with Crippen molar-refractivity contribution in [2.75, 3.05) is 14.1 Å². The molecule has 0 atom stereocenters. The maximum Gasteiger partial charge on any atom is 0.446 e. The van der Waals surface area contributed by atoms with E-state index in [4.69, 9.17) is 5.11 Å². The van der Waals surface area contributed by atoms with Gasteiger partial charge in [0.05, 0.1) is 0 Å². The molecule has 0 fully saturated rings. The average molecular weight is 215 g/mol. The van der Waals surface area contributed by atoms with Gasteiger partial charge >= 0.3 is 11.5 Å². The van der Waals surface area contributed by atoms with Crippen molar-refractivity contribution in [2.24, 2.45) is 0 Å². The number of carbonyl (C=O) groups is 1. The quantitative estimate of drug-likeness (QED) is 0.728. The van der Waals surface area contributed by atoms with Crippen molar-refractivity contribution in [3.8, 4) is 0 Å². The number of rotatable bonds is 3. The Kier molecular flexibility index (Phi) is 4.12. The number of nitrogens with zero attached hydrogens (tertiary/aromatic N) is 1. The van der Waals surface area contributed by atoms with Crippen molar-refractivity contribution >= 4 is 17.7 Å². The van der Waals surface area contributed by atoms with E-state index < -0.39 is 28.1 Å². The molecule has 0 heterocycles. The molecule has 0 aromatic heterocycles. The van der Waals surface area contributed by atoms with E-state index in [0.29, 0.717) is 0 Å². The lowest BCUT2D eigenvalue weighted by atomic mass is 10.6. The van der Waals surface area contributed by atoms with Crippen molar-refractivity contribution in [3.05, 3.63) is 11.1 Å². The number of carboxylic acids is 1. The highest BCUT2D eigenvalue weighted by Gasteiger charge is 2.33. The Morgan fingerprint density at radius 2 is 1.92 bits per heavy atom. The molecule has 0 aliphatic carbocycles. The monoisotopic (exact) mass is 215 g/mol. The summed E-state index contributed by atoms with van der Waals surface area (Å²) in [5.74, 6) is -1.59. The minimum absolute atomic E-state index is 0.642. The fourth-order valence-electron chi connectivity index (χ4n) is 0.484. The highest BCUT2D eigenvalue weighted by atomic mass is 32.2. The zero-order chi connectivity index (χ0) is 10.6. The van der Waals surface area contributed by atoms with Crippen LogP contribution < -0.4 is 0 Å². The van der Waals surface area contributed by atoms with Gasteiger partial charge in [-0.05, 0) is 11.8 Å². The summed E-state index contributed by atoms with van der Waals surface area (Å²) in [5.41, 5.74) is -4.57. The average Bonchev–Trinajstić information content (AvgIpc) is 1.81. The lowest BCUT2D eigenvalue weighted by Crippen LogP contribution is -2.11. The molecule has 76 valence electrons. The fraction of sp³-hybridized carbons (Fsp3) is 0.500. The van der Waals surface area contributed by atoms with Crippen LogP contribution in [-0.2, 0) is 4.79 Å². The second-order valence-corrected chi connectivity index (χ2v) is 3.42. The van der Waals surface area contributed by atoms with Crippen LogP contribution in [0.2, 0.25) is 0 Å². The van der Waals surface area contributed by atoms with Gasteiger partial charge in [0.25, 0.3) is 0 Å². The van der Waals surface area contributed by atoms with Crippen molar-refractivity contribution in [1.82, 2.24) is 4.90 Å². The molecule has 0 saturated heterocycles. The number of hydrogen-bond donors (Lipinski definition) is 1. The highest BCUT2D eigenvalue weighted by molar-refractivity contribution is 8.04. The van der Waals surface area contributed by atoms with Crippen molar-refractivity contribution < 1.29 is 23.1 Å². The van der Waals surface area contributed by atoms with Gasteiger partial charge in [0.1, 0.15) is 4.91 Å². The zero-order valence-corrected chi connectivity index (χ0v) is 7.74. The van der Waals surface area contributed by atoms with E-state index in [0.717, 1.165) is 6.20 Å². The number of halogens is 3. The van der Waals surface area contributed by atoms with Gasteiger partial charge in [0, 0.05) is 20.3 Å². The molecule has 0 spiro atoms. The summed E-state index contributed by atoms with van der Waals surface area (Å²) < 4.78 is 35.3. The van der Waals surface area contributed by atoms with E-state index in [2.05, 4.69) is 0 Å². The van der Waals surface area contributed by atoms with E-state index in [1.807, 2.05) is 0 Å². The predicted octanol–water partition coefficient (Wildman–Crippen LogP) is 1.73. The molecule has 0 radical (unpaired) electrons. The number of alkyl halides is 3. The van der Waals surface area contributed by atoms with Crippen LogP contribution in [-0.4, -0.2) is 35.6 Å². The van der Waals surface area contributed by atoms with Gasteiger partial charge in [-0.3, -0.25) is 0 Å². The first kappa shape index (κ1) is 12.2. The molecule has 7 heteroatoms. The predicted molar refractivity (Wildman–Crippen MR) is 43.1 cm³/mol. The molecule has 0 amide bonds. The van der Waals surface area contributed by atoms with Gasteiger partial charge < -0.3 is 10.0 Å². The van der Waals surface area contributed by atoms with Crippen LogP contribution in [0.3, 0.4) is 0 Å². The van der Waals surface area contributed by atoms with Gasteiger partial charge in [-0.1, -0.05) is 0 Å². The van der Waals surface area contributed by atoms with E-state index >= 15 is 0 Å². The lowest BCUT2D eigenvalue weighted by molar-refractivity contribution is -0.132. The molecule has 1 N–H and O–H groups in total. The molecule has 0 bridgehead atoms. The minimum atomic E-state index is -4.57. The Labute approximate surface area is 77.2 Å². The van der Waals surface area contributed by atoms with Gasteiger partial charge in [-0.15, -0.1) is 0 Å². The summed E-state index contributed by atoms with van der Waals surface area (Å²) in [6, 6.07) is 0. The van der Waals surface area contributed by atoms with Gasteiger partial charge in [-0.2, -0.15) is 13.2 Å². The van der Waals surface area contributed by atoms with E-state index in [1.165, 1.54) is 19.0 Å². The van der Waals surface area contributed by atoms with E-state index in [9.17, 15) is 18.0 Å². The van der Waals surface area contributed by atoms with Crippen LogP contribution in [0.25, 0.3) is 0 Å². The molecule has 0 aliphatic rings. The standard InChI is InChI=1S/C6H8F3NO2S/c1-10(2)3-4(5(11)12)13-6(7,8)9/h3H,1-2H3,(H,11,12)/b4-3-. The van der Waals surface area contributed by atoms with Crippen LogP contribution in [0.4, 0.5) is 13.2 Å². The lowest BCUT2D eigenvalue weighted by Gasteiger charge is -2.09. The molecule has 0 saturated carbocycles. The van der Waals surface area contributed by atoms with Crippen LogP contribution in [0.5, 0.6) is 0 Å². The SMILES string of the molecule is CN(C)/C=C(\SC(F)(F)F)C(=O)O. The van der Waals surface area contributed by atoms with Crippen LogP contribution in [0, 0.1) is 0 Å². The molecule has 3 nitrogen and oxygen atoms in total. The van der Waals surface area contributed by atoms with E-state index in [-0.39, 0.29) is 0 Å². The van der Waals surface area contributed by atoms with Crippen LogP contribution >= 0.6 is 11.8 Å². The summed E-state index contributed by atoms with van der Waals surface area (Å²) in [6.07, 6.45) is 0.903. The summed E-state index contributed by atoms with van der Waals surface area (Å²) in [7, 11) is 2.89. The molecule has 0 unspecified atom stereocenters. The first-order valence-corrected chi connectivity index (χ1v) is 3.91. The fourth-order valence-corrected chi connectivity index (χ4v) is 1.08. The summed E-state index contributed by atoms with van der Waals surface area (Å²) in [5, 5.41) is 8.37. The second kappa shape index (κ2) is 4.40. The number of aliphatic carboxylic acids is 1. The first-order chi connectivity index (χ1) is 5.72. The summed E-state index contributed by atoms with van der Waals surface area (Å²) in [6.45, 7) is 0. The summed E-state index contributed by atoms with van der Waals surface area (Å²) in [4.78, 5) is 10.8. The third-order valence-electron chi connectivity index (χ3n) is 0.812. The van der Waals surface area contributed by atoms with E-state index in [1.54, 1.807) is 0 Å². The van der Waals surface area contributed by atoms with Crippen LogP contribution in [0.15, 0.2) is 11.1 Å². The topological polar surface area (TPSA) is 40.5 Å². The Balaban J connectivity index is 4.55. The van der Waals surface area contributed by atoms with Crippen molar-refractivity contribution in [3.63, 3.8) is 0 Å². The molecular weight excluding hydrogens is 207 g/mol. The Bertz CT molecular complexity index is 224. The third kappa shape index (κ3) is 6.32. The van der Waals surface area contributed by atoms with Gasteiger partial charge in [0.2, 0.25) is 0 Å². The number of thioether (sulfide) groups is 1. The highest BCUT2D eigenvalue weighted by Crippen LogP contribution is 2.36. The Hall–Kier alpha value is -0.850. The third-order valence-corrected chi connectivity index (χ3v) is 1.54. The molecule has 0 aromatic carbocycles. The molecule has 13 heavy (non-hydrogen) atoms. The molecule has 0 aromatic rings. The van der Waals surface area contributed by atoms with Gasteiger partial charge in [-0.25, -0.2) is 4.79 Å². The maximum atomic E-state index is 11.8. The number of carboxylic acid groups (broad SMARTS) is 1. The van der Waals surface area contributed by atoms with Crippen LogP contribution in [0.1, 0.15) is 0 Å². The Morgan fingerprint density at radius 1 is 1.46 bits per heavy atom. The molecular formula is C6H8F3NO2S. The Morgan fingerprint density at radius 3 is 2.15 bits per heavy atom. The largest absolute Gasteiger partial charge is 0.477 e. The molecule has 0 aliphatic heterocycles. The molecule has 0 rings (SSSR count). The minimum Gasteiger partial charge on any atom is -0.477 e. The van der Waals surface area contributed by atoms with Crippen molar-refractivity contribution in [1.29, 1.82) is 0 Å². The maximum absolute atomic E-state index is 11.8.